The van der Waals surface area contributed by atoms with Crippen LogP contribution >= 0.6 is 0 Å². The van der Waals surface area contributed by atoms with Crippen LogP contribution in [0.25, 0.3) is 0 Å². The predicted molar refractivity (Wildman–Crippen MR) is 47.3 cm³/mol. The van der Waals surface area contributed by atoms with Crippen molar-refractivity contribution in [2.45, 2.75) is 31.9 Å². The van der Waals surface area contributed by atoms with Crippen molar-refractivity contribution < 1.29 is 13.2 Å². The van der Waals surface area contributed by atoms with Crippen molar-refractivity contribution in [1.82, 2.24) is 0 Å². The lowest BCUT2D eigenvalue weighted by Gasteiger charge is -2.29. The average Bonchev–Trinajstić information content (AvgIpc) is 2.15. The molecular weight excluding hydrogens is 195 g/mol. The molecule has 2 atom stereocenters. The highest BCUT2D eigenvalue weighted by atomic mass is 19.4. The van der Waals surface area contributed by atoms with Crippen LogP contribution in [0.5, 0.6) is 0 Å². The number of hydrazone groups is 1. The Hall–Kier alpha value is -0.940. The molecule has 14 heavy (non-hydrogen) atoms. The van der Waals surface area contributed by atoms with Crippen LogP contribution in [-0.4, -0.2) is 12.0 Å². The maximum atomic E-state index is 12.4. The highest BCUT2D eigenvalue weighted by Crippen LogP contribution is 2.39. The molecule has 2 unspecified atom stereocenters. The van der Waals surface area contributed by atoms with E-state index in [1.165, 1.54) is 0 Å². The van der Waals surface area contributed by atoms with Crippen molar-refractivity contribution in [2.75, 3.05) is 0 Å². The third kappa shape index (κ3) is 2.52. The number of hydrogen-bond donors (Lipinski definition) is 2. The monoisotopic (exact) mass is 209 g/mol. The lowest BCUT2D eigenvalue weighted by atomic mass is 9.80. The van der Waals surface area contributed by atoms with E-state index in [0.717, 1.165) is 0 Å². The molecule has 1 fully saturated rings. The average molecular weight is 209 g/mol. The van der Waals surface area contributed by atoms with Gasteiger partial charge in [0, 0.05) is 5.92 Å². The summed E-state index contributed by atoms with van der Waals surface area (Å²) >= 11 is 0. The number of rotatable bonds is 1. The summed E-state index contributed by atoms with van der Waals surface area (Å²) in [7, 11) is 0. The minimum absolute atomic E-state index is 0.0238. The number of nitrogens with zero attached hydrogens (tertiary/aromatic N) is 1. The first-order valence-corrected chi connectivity index (χ1v) is 4.55. The molecule has 0 bridgehead atoms. The summed E-state index contributed by atoms with van der Waals surface area (Å²) in [4.78, 5) is 0. The molecule has 6 heteroatoms. The van der Waals surface area contributed by atoms with Crippen LogP contribution in [0.1, 0.15) is 25.7 Å². The van der Waals surface area contributed by atoms with E-state index in [4.69, 9.17) is 11.6 Å². The quantitative estimate of drug-likeness (QED) is 0.298. The van der Waals surface area contributed by atoms with Crippen LogP contribution in [-0.2, 0) is 0 Å². The molecule has 0 aliphatic heterocycles. The van der Waals surface area contributed by atoms with Gasteiger partial charge >= 0.3 is 6.18 Å². The fourth-order valence-electron chi connectivity index (χ4n) is 1.86. The molecule has 1 saturated carbocycles. The van der Waals surface area contributed by atoms with Gasteiger partial charge in [0.1, 0.15) is 5.84 Å². The van der Waals surface area contributed by atoms with Gasteiger partial charge in [0.25, 0.3) is 0 Å². The maximum Gasteiger partial charge on any atom is 0.391 e. The van der Waals surface area contributed by atoms with Gasteiger partial charge in [0.2, 0.25) is 0 Å². The zero-order valence-electron chi connectivity index (χ0n) is 7.72. The van der Waals surface area contributed by atoms with Crippen LogP contribution in [0.2, 0.25) is 0 Å². The van der Waals surface area contributed by atoms with Gasteiger partial charge in [-0.05, 0) is 19.3 Å². The third-order valence-electron chi connectivity index (χ3n) is 2.70. The second-order valence-electron chi connectivity index (χ2n) is 3.66. The Labute approximate surface area is 80.3 Å². The van der Waals surface area contributed by atoms with Crippen molar-refractivity contribution in [3.05, 3.63) is 0 Å². The first-order chi connectivity index (χ1) is 6.45. The molecule has 0 heterocycles. The van der Waals surface area contributed by atoms with E-state index in [1.807, 2.05) is 0 Å². The Morgan fingerprint density at radius 3 is 2.43 bits per heavy atom. The molecule has 0 aromatic rings. The van der Waals surface area contributed by atoms with Gasteiger partial charge in [0.05, 0.1) is 5.92 Å². The summed E-state index contributed by atoms with van der Waals surface area (Å²) in [5.74, 6) is 3.52. The van der Waals surface area contributed by atoms with Crippen LogP contribution in [0.15, 0.2) is 5.10 Å². The van der Waals surface area contributed by atoms with Gasteiger partial charge in [-0.3, -0.25) is 0 Å². The second kappa shape index (κ2) is 4.06. The zero-order chi connectivity index (χ0) is 10.8. The van der Waals surface area contributed by atoms with Crippen molar-refractivity contribution in [1.29, 1.82) is 0 Å². The molecular formula is C8H14F3N3. The van der Waals surface area contributed by atoms with Gasteiger partial charge in [-0.25, -0.2) is 0 Å². The van der Waals surface area contributed by atoms with Gasteiger partial charge < -0.3 is 11.6 Å². The van der Waals surface area contributed by atoms with E-state index >= 15 is 0 Å². The van der Waals surface area contributed by atoms with Crippen LogP contribution in [0.3, 0.4) is 0 Å². The van der Waals surface area contributed by atoms with E-state index in [-0.39, 0.29) is 24.6 Å². The van der Waals surface area contributed by atoms with E-state index < -0.39 is 12.1 Å². The van der Waals surface area contributed by atoms with Gasteiger partial charge in [-0.1, -0.05) is 6.42 Å². The summed E-state index contributed by atoms with van der Waals surface area (Å²) in [5.41, 5.74) is 5.41. The smallest absolute Gasteiger partial charge is 0.386 e. The second-order valence-corrected chi connectivity index (χ2v) is 3.66. The van der Waals surface area contributed by atoms with Crippen molar-refractivity contribution >= 4 is 5.84 Å². The summed E-state index contributed by atoms with van der Waals surface area (Å²) in [6.07, 6.45) is -2.72. The first-order valence-electron chi connectivity index (χ1n) is 4.55. The molecule has 82 valence electrons. The normalized spacial score (nSPS) is 30.4. The number of hydrogen-bond acceptors (Lipinski definition) is 2. The van der Waals surface area contributed by atoms with Crippen LogP contribution < -0.4 is 11.6 Å². The Kier molecular flexibility index (Phi) is 3.23. The van der Waals surface area contributed by atoms with Crippen molar-refractivity contribution in [3.63, 3.8) is 0 Å². The highest BCUT2D eigenvalue weighted by molar-refractivity contribution is 5.82. The van der Waals surface area contributed by atoms with Gasteiger partial charge in [0.15, 0.2) is 0 Å². The SMILES string of the molecule is N/N=C(\N)C1CCCC(C(F)(F)F)C1. The molecule has 1 aliphatic carbocycles. The third-order valence-corrected chi connectivity index (χ3v) is 2.70. The standard InChI is InChI=1S/C8H14F3N3/c9-8(10,11)6-3-1-2-5(4-6)7(12)14-13/h5-6H,1-4,13H2,(H2,12,14). The van der Waals surface area contributed by atoms with E-state index in [9.17, 15) is 13.2 Å². The molecule has 0 spiro atoms. The summed E-state index contributed by atoms with van der Waals surface area (Å²) < 4.78 is 37.1. The number of alkyl halides is 3. The van der Waals surface area contributed by atoms with Crippen LogP contribution in [0.4, 0.5) is 13.2 Å². The zero-order valence-corrected chi connectivity index (χ0v) is 7.72. The lowest BCUT2D eigenvalue weighted by molar-refractivity contribution is -0.183. The summed E-state index contributed by atoms with van der Waals surface area (Å²) in [6.45, 7) is 0. The highest BCUT2D eigenvalue weighted by Gasteiger charge is 2.42. The Morgan fingerprint density at radius 2 is 1.93 bits per heavy atom. The van der Waals surface area contributed by atoms with E-state index in [0.29, 0.717) is 12.8 Å². The lowest BCUT2D eigenvalue weighted by Crippen LogP contribution is -2.35. The fourth-order valence-corrected chi connectivity index (χ4v) is 1.86. The van der Waals surface area contributed by atoms with E-state index in [1.54, 1.807) is 0 Å². The molecule has 0 saturated heterocycles. The van der Waals surface area contributed by atoms with Gasteiger partial charge in [-0.2, -0.15) is 18.3 Å². The molecule has 0 amide bonds. The Bertz CT molecular complexity index is 224. The number of halogens is 3. The van der Waals surface area contributed by atoms with Gasteiger partial charge in [-0.15, -0.1) is 0 Å². The minimum atomic E-state index is -4.12. The molecule has 1 rings (SSSR count). The fraction of sp³-hybridized carbons (Fsp3) is 0.875. The molecule has 0 aromatic heterocycles. The topological polar surface area (TPSA) is 64.4 Å². The molecule has 0 aromatic carbocycles. The summed E-state index contributed by atoms with van der Waals surface area (Å²) in [5, 5.41) is 3.26. The minimum Gasteiger partial charge on any atom is -0.386 e. The molecule has 1 aliphatic rings. The largest absolute Gasteiger partial charge is 0.391 e. The van der Waals surface area contributed by atoms with Crippen molar-refractivity contribution in [2.24, 2.45) is 28.5 Å². The number of amidine groups is 1. The maximum absolute atomic E-state index is 12.4. The Morgan fingerprint density at radius 1 is 1.29 bits per heavy atom. The van der Waals surface area contributed by atoms with Crippen LogP contribution in [0, 0.1) is 11.8 Å². The molecule has 3 nitrogen and oxygen atoms in total. The first kappa shape index (κ1) is 11.1. The van der Waals surface area contributed by atoms with Crippen molar-refractivity contribution in [3.8, 4) is 0 Å². The molecule has 4 N–H and O–H groups in total. The molecule has 0 radical (unpaired) electrons. The van der Waals surface area contributed by atoms with E-state index in [2.05, 4.69) is 5.10 Å². The Balaban J connectivity index is 2.61. The summed E-state index contributed by atoms with van der Waals surface area (Å²) in [6, 6.07) is 0. The number of nitrogens with two attached hydrogens (primary N) is 2. The predicted octanol–water partition coefficient (Wildman–Crippen LogP) is 1.59.